The Morgan fingerprint density at radius 1 is 1.12 bits per heavy atom. The maximum Gasteiger partial charge on any atom is 0.416 e. The summed E-state index contributed by atoms with van der Waals surface area (Å²) < 4.78 is 70.2. The molecule has 1 heterocycles. The van der Waals surface area contributed by atoms with Gasteiger partial charge in [0.25, 0.3) is 15.9 Å². The number of carbonyl (C=O) groups excluding carboxylic acids is 1. The van der Waals surface area contributed by atoms with E-state index in [0.29, 0.717) is 12.1 Å². The minimum atomic E-state index is -4.58. The van der Waals surface area contributed by atoms with Crippen molar-refractivity contribution in [3.05, 3.63) is 54.1 Å². The molecule has 1 aliphatic heterocycles. The van der Waals surface area contributed by atoms with Crippen LogP contribution in [-0.4, -0.2) is 27.0 Å². The number of nitrogens with zero attached hydrogens (tertiary/aromatic N) is 1. The van der Waals surface area contributed by atoms with E-state index in [-0.39, 0.29) is 22.9 Å². The van der Waals surface area contributed by atoms with E-state index in [4.69, 9.17) is 10.5 Å². The highest BCUT2D eigenvalue weighted by atomic mass is 32.2. The molecule has 2 aromatic rings. The first kappa shape index (κ1) is 18.1. The van der Waals surface area contributed by atoms with E-state index >= 15 is 0 Å². The van der Waals surface area contributed by atoms with Crippen LogP contribution in [-0.2, 0) is 21.0 Å². The van der Waals surface area contributed by atoms with E-state index in [1.807, 2.05) is 0 Å². The third-order valence-electron chi connectivity index (χ3n) is 3.82. The largest absolute Gasteiger partial charge is 0.476 e. The zero-order valence-electron chi connectivity index (χ0n) is 13.1. The highest BCUT2D eigenvalue weighted by molar-refractivity contribution is 7.92. The first-order valence-electron chi connectivity index (χ1n) is 7.36. The Labute approximate surface area is 147 Å². The third kappa shape index (κ3) is 3.19. The summed E-state index contributed by atoms with van der Waals surface area (Å²) in [6.07, 6.45) is -5.79. The molecule has 0 aromatic heterocycles. The van der Waals surface area contributed by atoms with Crippen molar-refractivity contribution in [2.45, 2.75) is 17.2 Å². The number of hydrogen-bond acceptors (Lipinski definition) is 4. The van der Waals surface area contributed by atoms with Crippen LogP contribution in [0.25, 0.3) is 0 Å². The Hall–Kier alpha value is -2.75. The van der Waals surface area contributed by atoms with Crippen LogP contribution in [0.4, 0.5) is 18.9 Å². The van der Waals surface area contributed by atoms with Crippen molar-refractivity contribution in [3.8, 4) is 5.75 Å². The number of carbonyl (C=O) groups is 1. The molecule has 138 valence electrons. The number of ether oxygens (including phenoxy) is 1. The van der Waals surface area contributed by atoms with Gasteiger partial charge in [-0.3, -0.25) is 9.10 Å². The molecule has 2 aromatic carbocycles. The SMILES string of the molecule is NC(=O)[C@H]1CN(S(=O)(=O)c2ccc(C(F)(F)F)cc2)c2ccccc2O1. The van der Waals surface area contributed by atoms with Crippen LogP contribution in [0.5, 0.6) is 5.75 Å². The number of fused-ring (bicyclic) bond motifs is 1. The monoisotopic (exact) mass is 386 g/mol. The fourth-order valence-corrected chi connectivity index (χ4v) is 4.00. The maximum absolute atomic E-state index is 12.9. The summed E-state index contributed by atoms with van der Waals surface area (Å²) >= 11 is 0. The molecule has 0 radical (unpaired) electrons. The summed E-state index contributed by atoms with van der Waals surface area (Å²) in [5, 5.41) is 0. The van der Waals surface area contributed by atoms with Crippen LogP contribution in [0, 0.1) is 0 Å². The van der Waals surface area contributed by atoms with Crippen molar-refractivity contribution in [2.75, 3.05) is 10.8 Å². The summed E-state index contributed by atoms with van der Waals surface area (Å²) in [5.41, 5.74) is 4.43. The molecule has 0 fully saturated rings. The lowest BCUT2D eigenvalue weighted by Gasteiger charge is -2.34. The van der Waals surface area contributed by atoms with Gasteiger partial charge in [0.1, 0.15) is 5.75 Å². The number of alkyl halides is 3. The molecular weight excluding hydrogens is 373 g/mol. The summed E-state index contributed by atoms with van der Waals surface area (Å²) in [4.78, 5) is 11.1. The van der Waals surface area contributed by atoms with Crippen LogP contribution >= 0.6 is 0 Å². The lowest BCUT2D eigenvalue weighted by molar-refractivity contribution is -0.137. The minimum Gasteiger partial charge on any atom is -0.476 e. The normalized spacial score (nSPS) is 17.3. The summed E-state index contributed by atoms with van der Waals surface area (Å²) in [6.45, 7) is -0.379. The van der Waals surface area contributed by atoms with Gasteiger partial charge in [-0.15, -0.1) is 0 Å². The predicted octanol–water partition coefficient (Wildman–Crippen LogP) is 2.15. The number of halogens is 3. The number of amides is 1. The van der Waals surface area contributed by atoms with Crippen LogP contribution in [0.1, 0.15) is 5.56 Å². The van der Waals surface area contributed by atoms with Gasteiger partial charge in [0.15, 0.2) is 6.10 Å². The Morgan fingerprint density at radius 3 is 2.31 bits per heavy atom. The lowest BCUT2D eigenvalue weighted by atomic mass is 10.2. The molecule has 0 saturated carbocycles. The molecule has 0 bridgehead atoms. The topological polar surface area (TPSA) is 89.7 Å². The fourth-order valence-electron chi connectivity index (χ4n) is 2.52. The Morgan fingerprint density at radius 2 is 1.73 bits per heavy atom. The number of anilines is 1. The van der Waals surface area contributed by atoms with E-state index in [9.17, 15) is 26.4 Å². The van der Waals surface area contributed by atoms with Gasteiger partial charge in [-0.2, -0.15) is 13.2 Å². The number of sulfonamides is 1. The summed E-state index contributed by atoms with van der Waals surface area (Å²) in [5.74, 6) is -0.717. The van der Waals surface area contributed by atoms with Gasteiger partial charge in [-0.25, -0.2) is 8.42 Å². The smallest absolute Gasteiger partial charge is 0.416 e. The van der Waals surface area contributed by atoms with E-state index in [1.54, 1.807) is 12.1 Å². The van der Waals surface area contributed by atoms with Crippen molar-refractivity contribution in [1.82, 2.24) is 0 Å². The second kappa shape index (κ2) is 6.20. The molecule has 1 amide bonds. The zero-order valence-corrected chi connectivity index (χ0v) is 13.9. The van der Waals surface area contributed by atoms with Crippen molar-refractivity contribution in [3.63, 3.8) is 0 Å². The molecule has 1 aliphatic rings. The number of hydrogen-bond donors (Lipinski definition) is 1. The second-order valence-electron chi connectivity index (χ2n) is 5.53. The van der Waals surface area contributed by atoms with Gasteiger partial charge < -0.3 is 10.5 Å². The molecule has 1 atom stereocenters. The van der Waals surface area contributed by atoms with Crippen molar-refractivity contribution in [2.24, 2.45) is 5.73 Å². The van der Waals surface area contributed by atoms with Gasteiger partial charge in [0.2, 0.25) is 0 Å². The standard InChI is InChI=1S/C16H13F3N2O4S/c17-16(18,19)10-5-7-11(8-6-10)26(23,24)21-9-14(15(20)22)25-13-4-2-1-3-12(13)21/h1-8,14H,9H2,(H2,20,22)/t14-/m1/s1. The Bertz CT molecular complexity index is 943. The number of nitrogens with two attached hydrogens (primary N) is 1. The van der Waals surface area contributed by atoms with E-state index in [0.717, 1.165) is 16.4 Å². The zero-order chi connectivity index (χ0) is 19.1. The fraction of sp³-hybridized carbons (Fsp3) is 0.188. The molecule has 0 saturated heterocycles. The van der Waals surface area contributed by atoms with Gasteiger partial charge in [0, 0.05) is 0 Å². The average Bonchev–Trinajstić information content (AvgIpc) is 2.60. The quantitative estimate of drug-likeness (QED) is 0.875. The first-order valence-corrected chi connectivity index (χ1v) is 8.80. The third-order valence-corrected chi connectivity index (χ3v) is 5.62. The molecular formula is C16H13F3N2O4S. The molecule has 6 nitrogen and oxygen atoms in total. The Kier molecular flexibility index (Phi) is 4.31. The van der Waals surface area contributed by atoms with Crippen LogP contribution < -0.4 is 14.8 Å². The highest BCUT2D eigenvalue weighted by Crippen LogP contribution is 2.37. The van der Waals surface area contributed by atoms with Crippen LogP contribution in [0.15, 0.2) is 53.4 Å². The van der Waals surface area contributed by atoms with Gasteiger partial charge in [-0.05, 0) is 36.4 Å². The summed E-state index contributed by atoms with van der Waals surface area (Å²) in [6, 6.07) is 9.21. The number of benzene rings is 2. The van der Waals surface area contributed by atoms with Gasteiger partial charge in [0.05, 0.1) is 22.7 Å². The molecule has 0 unspecified atom stereocenters. The van der Waals surface area contributed by atoms with E-state index < -0.39 is 33.8 Å². The second-order valence-corrected chi connectivity index (χ2v) is 7.40. The predicted molar refractivity (Wildman–Crippen MR) is 86.0 cm³/mol. The highest BCUT2D eigenvalue weighted by Gasteiger charge is 2.37. The first-order chi connectivity index (χ1) is 12.1. The lowest BCUT2D eigenvalue weighted by Crippen LogP contribution is -2.49. The number of rotatable bonds is 3. The maximum atomic E-state index is 12.9. The summed E-state index contributed by atoms with van der Waals surface area (Å²) in [7, 11) is -4.23. The Balaban J connectivity index is 2.04. The number of para-hydroxylation sites is 2. The van der Waals surface area contributed by atoms with Crippen molar-refractivity contribution < 1.29 is 31.1 Å². The molecule has 0 spiro atoms. The average molecular weight is 386 g/mol. The van der Waals surface area contributed by atoms with Crippen LogP contribution in [0.3, 0.4) is 0 Å². The number of primary amides is 1. The molecule has 2 N–H and O–H groups in total. The van der Waals surface area contributed by atoms with E-state index in [1.165, 1.54) is 12.1 Å². The molecule has 0 aliphatic carbocycles. The minimum absolute atomic E-state index is 0.137. The van der Waals surface area contributed by atoms with Crippen molar-refractivity contribution in [1.29, 1.82) is 0 Å². The van der Waals surface area contributed by atoms with Crippen molar-refractivity contribution >= 4 is 21.6 Å². The van der Waals surface area contributed by atoms with Gasteiger partial charge >= 0.3 is 6.18 Å². The van der Waals surface area contributed by atoms with E-state index in [2.05, 4.69) is 0 Å². The van der Waals surface area contributed by atoms with Crippen LogP contribution in [0.2, 0.25) is 0 Å². The molecule has 3 rings (SSSR count). The molecule has 26 heavy (non-hydrogen) atoms. The molecule has 10 heteroatoms. The van der Waals surface area contributed by atoms with Gasteiger partial charge in [-0.1, -0.05) is 12.1 Å².